The molecule has 2 aliphatic carbocycles. The molecule has 0 aliphatic heterocycles. The van der Waals surface area contributed by atoms with Crippen LogP contribution in [0, 0.1) is 0 Å². The standard InChI is InChI=1S/C15H29NO/c1-2-15(17)16(13-9-5-3-6-10-13)14-11-7-4-8-12-14/h13-15,17H,2-12H2,1H3. The van der Waals surface area contributed by atoms with Crippen molar-refractivity contribution in [2.45, 2.75) is 95.9 Å². The first-order valence-corrected chi connectivity index (χ1v) is 7.78. The lowest BCUT2D eigenvalue weighted by molar-refractivity contribution is -0.0723. The van der Waals surface area contributed by atoms with Crippen LogP contribution in [-0.4, -0.2) is 28.3 Å². The third-order valence-corrected chi connectivity index (χ3v) is 4.70. The minimum atomic E-state index is -0.193. The van der Waals surface area contributed by atoms with Crippen molar-refractivity contribution in [3.05, 3.63) is 0 Å². The molecule has 0 aromatic heterocycles. The monoisotopic (exact) mass is 239 g/mol. The van der Waals surface area contributed by atoms with Gasteiger partial charge in [0, 0.05) is 12.1 Å². The van der Waals surface area contributed by atoms with E-state index in [0.717, 1.165) is 6.42 Å². The van der Waals surface area contributed by atoms with Crippen LogP contribution in [0.1, 0.15) is 77.6 Å². The number of aliphatic hydroxyl groups excluding tert-OH is 1. The van der Waals surface area contributed by atoms with Crippen LogP contribution >= 0.6 is 0 Å². The molecule has 2 fully saturated rings. The van der Waals surface area contributed by atoms with Crippen molar-refractivity contribution in [3.63, 3.8) is 0 Å². The van der Waals surface area contributed by atoms with Crippen molar-refractivity contribution >= 4 is 0 Å². The van der Waals surface area contributed by atoms with Gasteiger partial charge in [-0.25, -0.2) is 0 Å². The molecule has 0 aromatic rings. The highest BCUT2D eigenvalue weighted by Crippen LogP contribution is 2.31. The lowest BCUT2D eigenvalue weighted by Crippen LogP contribution is -2.50. The lowest BCUT2D eigenvalue weighted by atomic mass is 9.88. The molecular weight excluding hydrogens is 210 g/mol. The molecule has 2 nitrogen and oxygen atoms in total. The quantitative estimate of drug-likeness (QED) is 0.756. The third-order valence-electron chi connectivity index (χ3n) is 4.70. The molecule has 0 spiro atoms. The van der Waals surface area contributed by atoms with Crippen LogP contribution in [0.15, 0.2) is 0 Å². The number of rotatable bonds is 4. The van der Waals surface area contributed by atoms with E-state index < -0.39 is 0 Å². The second-order valence-electron chi connectivity index (χ2n) is 5.92. The maximum Gasteiger partial charge on any atom is 0.107 e. The number of aliphatic hydroxyl groups is 1. The Morgan fingerprint density at radius 3 is 1.65 bits per heavy atom. The van der Waals surface area contributed by atoms with Gasteiger partial charge in [0.1, 0.15) is 6.23 Å². The van der Waals surface area contributed by atoms with Crippen LogP contribution in [0.3, 0.4) is 0 Å². The Balaban J connectivity index is 2.00. The van der Waals surface area contributed by atoms with E-state index in [0.29, 0.717) is 12.1 Å². The normalized spacial score (nSPS) is 26.3. The topological polar surface area (TPSA) is 23.5 Å². The molecule has 0 saturated heterocycles. The van der Waals surface area contributed by atoms with E-state index >= 15 is 0 Å². The highest BCUT2D eigenvalue weighted by Gasteiger charge is 2.32. The van der Waals surface area contributed by atoms with Crippen LogP contribution in [-0.2, 0) is 0 Å². The van der Waals surface area contributed by atoms with E-state index in [9.17, 15) is 5.11 Å². The molecular formula is C15H29NO. The average molecular weight is 239 g/mol. The second kappa shape index (κ2) is 6.75. The predicted octanol–water partition coefficient (Wildman–Crippen LogP) is 3.68. The van der Waals surface area contributed by atoms with Gasteiger partial charge in [-0.1, -0.05) is 45.4 Å². The minimum Gasteiger partial charge on any atom is -0.378 e. The number of hydrogen-bond donors (Lipinski definition) is 1. The van der Waals surface area contributed by atoms with E-state index in [1.54, 1.807) is 0 Å². The fourth-order valence-corrected chi connectivity index (χ4v) is 3.75. The van der Waals surface area contributed by atoms with Crippen molar-refractivity contribution in [3.8, 4) is 0 Å². The molecule has 2 rings (SSSR count). The molecule has 0 aromatic carbocycles. The molecule has 1 N–H and O–H groups in total. The highest BCUT2D eigenvalue weighted by molar-refractivity contribution is 4.84. The van der Waals surface area contributed by atoms with Gasteiger partial charge in [0.25, 0.3) is 0 Å². The molecule has 0 bridgehead atoms. The zero-order valence-corrected chi connectivity index (χ0v) is 11.4. The van der Waals surface area contributed by atoms with E-state index in [4.69, 9.17) is 0 Å². The maximum absolute atomic E-state index is 10.3. The van der Waals surface area contributed by atoms with Crippen LogP contribution in [0.25, 0.3) is 0 Å². The van der Waals surface area contributed by atoms with Gasteiger partial charge in [0.05, 0.1) is 0 Å². The average Bonchev–Trinajstić information content (AvgIpc) is 2.41. The Hall–Kier alpha value is -0.0800. The summed E-state index contributed by atoms with van der Waals surface area (Å²) in [5.74, 6) is 0. The molecule has 1 atom stereocenters. The summed E-state index contributed by atoms with van der Waals surface area (Å²) < 4.78 is 0. The van der Waals surface area contributed by atoms with Gasteiger partial charge in [0.2, 0.25) is 0 Å². The summed E-state index contributed by atoms with van der Waals surface area (Å²) in [5.41, 5.74) is 0. The summed E-state index contributed by atoms with van der Waals surface area (Å²) in [7, 11) is 0. The molecule has 1 unspecified atom stereocenters. The van der Waals surface area contributed by atoms with Crippen LogP contribution in [0.2, 0.25) is 0 Å². The van der Waals surface area contributed by atoms with Gasteiger partial charge >= 0.3 is 0 Å². The zero-order valence-electron chi connectivity index (χ0n) is 11.4. The van der Waals surface area contributed by atoms with E-state index in [1.165, 1.54) is 64.2 Å². The second-order valence-corrected chi connectivity index (χ2v) is 5.92. The van der Waals surface area contributed by atoms with Gasteiger partial charge in [-0.2, -0.15) is 0 Å². The first kappa shape index (κ1) is 13.4. The zero-order chi connectivity index (χ0) is 12.1. The summed E-state index contributed by atoms with van der Waals surface area (Å²) in [6.45, 7) is 2.11. The van der Waals surface area contributed by atoms with Crippen molar-refractivity contribution < 1.29 is 5.11 Å². The van der Waals surface area contributed by atoms with Crippen LogP contribution in [0.5, 0.6) is 0 Å². The van der Waals surface area contributed by atoms with E-state index in [1.807, 2.05) is 0 Å². The van der Waals surface area contributed by atoms with Gasteiger partial charge in [-0.15, -0.1) is 0 Å². The van der Waals surface area contributed by atoms with E-state index in [2.05, 4.69) is 11.8 Å². The fraction of sp³-hybridized carbons (Fsp3) is 1.00. The first-order valence-electron chi connectivity index (χ1n) is 7.78. The van der Waals surface area contributed by atoms with Crippen LogP contribution in [0.4, 0.5) is 0 Å². The lowest BCUT2D eigenvalue weighted by Gasteiger charge is -2.44. The summed E-state index contributed by atoms with van der Waals surface area (Å²) >= 11 is 0. The van der Waals surface area contributed by atoms with Gasteiger partial charge in [-0.05, 0) is 32.1 Å². The smallest absolute Gasteiger partial charge is 0.107 e. The van der Waals surface area contributed by atoms with Crippen LogP contribution < -0.4 is 0 Å². The molecule has 0 radical (unpaired) electrons. The SMILES string of the molecule is CCC(O)N(C1CCCCC1)C1CCCCC1. The fourth-order valence-electron chi connectivity index (χ4n) is 3.75. The van der Waals surface area contributed by atoms with Crippen molar-refractivity contribution in [1.29, 1.82) is 0 Å². The molecule has 0 amide bonds. The maximum atomic E-state index is 10.3. The first-order chi connectivity index (χ1) is 8.33. The molecule has 0 heterocycles. The Bertz CT molecular complexity index is 189. The van der Waals surface area contributed by atoms with E-state index in [-0.39, 0.29) is 6.23 Å². The summed E-state index contributed by atoms with van der Waals surface area (Å²) in [4.78, 5) is 2.50. The van der Waals surface area contributed by atoms with Crippen molar-refractivity contribution in [2.75, 3.05) is 0 Å². The molecule has 2 heteroatoms. The van der Waals surface area contributed by atoms with Gasteiger partial charge < -0.3 is 5.11 Å². The molecule has 2 aliphatic rings. The van der Waals surface area contributed by atoms with Gasteiger partial charge in [0.15, 0.2) is 0 Å². The van der Waals surface area contributed by atoms with Crippen molar-refractivity contribution in [2.24, 2.45) is 0 Å². The predicted molar refractivity (Wildman–Crippen MR) is 71.9 cm³/mol. The van der Waals surface area contributed by atoms with Gasteiger partial charge in [-0.3, -0.25) is 4.90 Å². The summed E-state index contributed by atoms with van der Waals surface area (Å²) in [5, 5.41) is 10.3. The highest BCUT2D eigenvalue weighted by atomic mass is 16.3. The Morgan fingerprint density at radius 1 is 0.882 bits per heavy atom. The summed E-state index contributed by atoms with van der Waals surface area (Å²) in [6, 6.07) is 1.34. The Morgan fingerprint density at radius 2 is 1.29 bits per heavy atom. The van der Waals surface area contributed by atoms with Crippen molar-refractivity contribution in [1.82, 2.24) is 4.90 Å². The molecule has 100 valence electrons. The third kappa shape index (κ3) is 3.45. The summed E-state index contributed by atoms with van der Waals surface area (Å²) in [6.07, 6.45) is 14.2. The molecule has 17 heavy (non-hydrogen) atoms. The number of nitrogens with zero attached hydrogens (tertiary/aromatic N) is 1. The Kier molecular flexibility index (Phi) is 5.30. The largest absolute Gasteiger partial charge is 0.378 e. The Labute approximate surface area is 106 Å². The molecule has 2 saturated carbocycles. The number of hydrogen-bond acceptors (Lipinski definition) is 2. The minimum absolute atomic E-state index is 0.193.